The normalized spacial score (nSPS) is 11.5. The number of hydrogen-bond donors (Lipinski definition) is 0. The van der Waals surface area contributed by atoms with Crippen molar-refractivity contribution in [3.05, 3.63) is 28.2 Å². The minimum absolute atomic E-state index is 0.329. The van der Waals surface area contributed by atoms with Crippen LogP contribution in [0.15, 0.2) is 18.3 Å². The summed E-state index contributed by atoms with van der Waals surface area (Å²) in [4.78, 5) is 17.6. The van der Waals surface area contributed by atoms with Crippen LogP contribution >= 0.6 is 11.3 Å². The van der Waals surface area contributed by atoms with E-state index in [-0.39, 0.29) is 5.97 Å². The first kappa shape index (κ1) is 19.9. The molecule has 1 aromatic heterocycles. The number of nitrogens with zero attached hydrogens (tertiary/aromatic N) is 1. The minimum Gasteiger partial charge on any atom is -0.457 e. The zero-order chi connectivity index (χ0) is 17.3. The summed E-state index contributed by atoms with van der Waals surface area (Å²) < 4.78 is 5.33. The largest absolute Gasteiger partial charge is 0.457 e. The standard InChI is InChI=1S/C19H31NO2S/c1-6-7-8-9-10-11-12-16-14-20-17(23-16)13-15(2)18(21)22-19(3,4)5/h14H,2,6-13H2,1,3-5H3. The minimum atomic E-state index is -0.480. The molecule has 1 aromatic rings. The molecule has 0 amide bonds. The van der Waals surface area contributed by atoms with Gasteiger partial charge in [0, 0.05) is 23.1 Å². The second-order valence-corrected chi connectivity index (χ2v) is 8.22. The van der Waals surface area contributed by atoms with Crippen LogP contribution in [-0.2, 0) is 22.4 Å². The average Bonchev–Trinajstić information content (AvgIpc) is 2.88. The lowest BCUT2D eigenvalue weighted by atomic mass is 10.1. The summed E-state index contributed by atoms with van der Waals surface area (Å²) in [6.45, 7) is 11.7. The monoisotopic (exact) mass is 337 g/mol. The zero-order valence-corrected chi connectivity index (χ0v) is 15.9. The number of aryl methyl sites for hydroxylation is 1. The van der Waals surface area contributed by atoms with Gasteiger partial charge in [-0.15, -0.1) is 11.3 Å². The van der Waals surface area contributed by atoms with Crippen molar-refractivity contribution in [2.45, 2.75) is 84.7 Å². The maximum absolute atomic E-state index is 11.9. The fourth-order valence-corrected chi connectivity index (χ4v) is 3.24. The predicted octanol–water partition coefficient (Wildman–Crippen LogP) is 5.49. The molecule has 0 radical (unpaired) electrons. The van der Waals surface area contributed by atoms with Gasteiger partial charge in [0.2, 0.25) is 0 Å². The number of unbranched alkanes of at least 4 members (excludes halogenated alkanes) is 5. The first-order valence-corrected chi connectivity index (χ1v) is 9.48. The van der Waals surface area contributed by atoms with Crippen molar-refractivity contribution in [1.82, 2.24) is 4.98 Å². The summed E-state index contributed by atoms with van der Waals surface area (Å²) in [5, 5.41) is 0.946. The zero-order valence-electron chi connectivity index (χ0n) is 15.1. The average molecular weight is 338 g/mol. The Bertz CT molecular complexity index is 500. The highest BCUT2D eigenvalue weighted by molar-refractivity contribution is 7.11. The van der Waals surface area contributed by atoms with Crippen molar-refractivity contribution in [2.24, 2.45) is 0 Å². The van der Waals surface area contributed by atoms with E-state index in [0.29, 0.717) is 12.0 Å². The Labute approximate surface area is 145 Å². The molecule has 23 heavy (non-hydrogen) atoms. The third kappa shape index (κ3) is 8.89. The number of rotatable bonds is 10. The van der Waals surface area contributed by atoms with Crippen molar-refractivity contribution in [3.8, 4) is 0 Å². The summed E-state index contributed by atoms with van der Waals surface area (Å²) in [5.74, 6) is -0.329. The number of thiazole rings is 1. The highest BCUT2D eigenvalue weighted by Gasteiger charge is 2.19. The molecule has 0 spiro atoms. The molecule has 0 aliphatic rings. The molecule has 0 saturated heterocycles. The number of carbonyl (C=O) groups excluding carboxylic acids is 1. The summed E-state index contributed by atoms with van der Waals surface area (Å²) in [6, 6.07) is 0. The molecule has 0 atom stereocenters. The Hall–Kier alpha value is -1.16. The predicted molar refractivity (Wildman–Crippen MR) is 97.9 cm³/mol. The molecular formula is C19H31NO2S. The lowest BCUT2D eigenvalue weighted by Crippen LogP contribution is -2.25. The van der Waals surface area contributed by atoms with Crippen molar-refractivity contribution in [2.75, 3.05) is 0 Å². The topological polar surface area (TPSA) is 39.2 Å². The molecule has 0 aliphatic heterocycles. The molecular weight excluding hydrogens is 306 g/mol. The van der Waals surface area contributed by atoms with E-state index in [0.717, 1.165) is 11.4 Å². The van der Waals surface area contributed by atoms with Crippen molar-refractivity contribution < 1.29 is 9.53 Å². The summed E-state index contributed by atoms with van der Waals surface area (Å²) >= 11 is 1.69. The molecule has 0 saturated carbocycles. The third-order valence-corrected chi connectivity index (χ3v) is 4.49. The first-order chi connectivity index (χ1) is 10.8. The summed E-state index contributed by atoms with van der Waals surface area (Å²) in [7, 11) is 0. The Morgan fingerprint density at radius 1 is 1.22 bits per heavy atom. The van der Waals surface area contributed by atoms with E-state index >= 15 is 0 Å². The van der Waals surface area contributed by atoms with Gasteiger partial charge in [-0.3, -0.25) is 0 Å². The molecule has 0 unspecified atom stereocenters. The van der Waals surface area contributed by atoms with Crippen LogP contribution in [0.2, 0.25) is 0 Å². The van der Waals surface area contributed by atoms with Crippen molar-refractivity contribution >= 4 is 17.3 Å². The van der Waals surface area contributed by atoms with E-state index in [1.165, 1.54) is 43.4 Å². The van der Waals surface area contributed by atoms with Gasteiger partial charge in [0.1, 0.15) is 5.60 Å². The number of ether oxygens (including phenoxy) is 1. The van der Waals surface area contributed by atoms with Gasteiger partial charge in [-0.2, -0.15) is 0 Å². The lowest BCUT2D eigenvalue weighted by Gasteiger charge is -2.19. The molecule has 0 aliphatic carbocycles. The van der Waals surface area contributed by atoms with Crippen LogP contribution in [0.4, 0.5) is 0 Å². The van der Waals surface area contributed by atoms with Crippen molar-refractivity contribution in [3.63, 3.8) is 0 Å². The van der Waals surface area contributed by atoms with E-state index in [2.05, 4.69) is 18.5 Å². The van der Waals surface area contributed by atoms with Crippen LogP contribution in [-0.4, -0.2) is 16.6 Å². The Kier molecular flexibility index (Phi) is 8.53. The molecule has 1 rings (SSSR count). The molecule has 4 heteroatoms. The second-order valence-electron chi connectivity index (χ2n) is 7.02. The SMILES string of the molecule is C=C(Cc1ncc(CCCCCCCC)s1)C(=O)OC(C)(C)C. The molecule has 130 valence electrons. The fourth-order valence-electron chi connectivity index (χ4n) is 2.23. The van der Waals surface area contributed by atoms with Gasteiger partial charge in [-0.25, -0.2) is 9.78 Å². The maximum atomic E-state index is 11.9. The molecule has 0 fully saturated rings. The molecule has 0 bridgehead atoms. The van der Waals surface area contributed by atoms with Gasteiger partial charge in [-0.1, -0.05) is 45.6 Å². The van der Waals surface area contributed by atoms with E-state index in [1.54, 1.807) is 11.3 Å². The highest BCUT2D eigenvalue weighted by Crippen LogP contribution is 2.20. The Balaban J connectivity index is 2.33. The number of carbonyl (C=O) groups is 1. The van der Waals surface area contributed by atoms with E-state index in [4.69, 9.17) is 4.74 Å². The first-order valence-electron chi connectivity index (χ1n) is 8.66. The van der Waals surface area contributed by atoms with Crippen molar-refractivity contribution in [1.29, 1.82) is 0 Å². The van der Waals surface area contributed by atoms with Gasteiger partial charge in [0.05, 0.1) is 5.01 Å². The fraction of sp³-hybridized carbons (Fsp3) is 0.684. The summed E-state index contributed by atoms with van der Waals surface area (Å²) in [6.07, 6.45) is 11.3. The van der Waals surface area contributed by atoms with Gasteiger partial charge < -0.3 is 4.74 Å². The van der Waals surface area contributed by atoms with Crippen LogP contribution in [0.5, 0.6) is 0 Å². The number of hydrogen-bond acceptors (Lipinski definition) is 4. The summed E-state index contributed by atoms with van der Waals surface area (Å²) in [5.41, 5.74) is -0.00774. The van der Waals surface area contributed by atoms with Crippen LogP contribution in [0.25, 0.3) is 0 Å². The number of esters is 1. The highest BCUT2D eigenvalue weighted by atomic mass is 32.1. The number of aromatic nitrogens is 1. The second kappa shape index (κ2) is 9.86. The van der Waals surface area contributed by atoms with E-state index in [9.17, 15) is 4.79 Å². The van der Waals surface area contributed by atoms with Crippen LogP contribution in [0, 0.1) is 0 Å². The molecule has 1 heterocycles. The molecule has 0 aromatic carbocycles. The van der Waals surface area contributed by atoms with Gasteiger partial charge in [-0.05, 0) is 33.6 Å². The lowest BCUT2D eigenvalue weighted by molar-refractivity contribution is -0.149. The Morgan fingerprint density at radius 2 is 1.87 bits per heavy atom. The van der Waals surface area contributed by atoms with E-state index < -0.39 is 5.60 Å². The van der Waals surface area contributed by atoms with Gasteiger partial charge >= 0.3 is 5.97 Å². The van der Waals surface area contributed by atoms with Crippen LogP contribution in [0.3, 0.4) is 0 Å². The van der Waals surface area contributed by atoms with Crippen LogP contribution in [0.1, 0.15) is 76.1 Å². The maximum Gasteiger partial charge on any atom is 0.334 e. The molecule has 3 nitrogen and oxygen atoms in total. The van der Waals surface area contributed by atoms with Crippen LogP contribution < -0.4 is 0 Å². The van der Waals surface area contributed by atoms with Gasteiger partial charge in [0.25, 0.3) is 0 Å². The smallest absolute Gasteiger partial charge is 0.334 e. The third-order valence-electron chi connectivity index (χ3n) is 3.43. The molecule has 0 N–H and O–H groups in total. The Morgan fingerprint density at radius 3 is 2.52 bits per heavy atom. The van der Waals surface area contributed by atoms with E-state index in [1.807, 2.05) is 27.0 Å². The van der Waals surface area contributed by atoms with Gasteiger partial charge in [0.15, 0.2) is 0 Å². The quantitative estimate of drug-likeness (QED) is 0.322.